The van der Waals surface area contributed by atoms with Crippen molar-refractivity contribution in [1.29, 1.82) is 0 Å². The van der Waals surface area contributed by atoms with Crippen molar-refractivity contribution >= 4 is 12.1 Å². The summed E-state index contributed by atoms with van der Waals surface area (Å²) in [7, 11) is 0. The van der Waals surface area contributed by atoms with Crippen molar-refractivity contribution in [3.8, 4) is 11.1 Å². The number of hydrogen-bond donors (Lipinski definition) is 1. The second-order valence-electron chi connectivity index (χ2n) is 9.63. The maximum atomic E-state index is 13.3. The summed E-state index contributed by atoms with van der Waals surface area (Å²) in [6, 6.07) is 16.4. The monoisotopic (exact) mass is 421 g/mol. The van der Waals surface area contributed by atoms with Crippen LogP contribution in [0.4, 0.5) is 4.79 Å². The van der Waals surface area contributed by atoms with E-state index in [2.05, 4.69) is 38.1 Å². The van der Waals surface area contributed by atoms with E-state index in [1.807, 2.05) is 31.2 Å². The number of ether oxygens (including phenoxy) is 1. The summed E-state index contributed by atoms with van der Waals surface area (Å²) in [4.78, 5) is 27.1. The Kier molecular flexibility index (Phi) is 5.54. The summed E-state index contributed by atoms with van der Waals surface area (Å²) < 4.78 is 5.83. The van der Waals surface area contributed by atoms with Gasteiger partial charge >= 0.3 is 12.1 Å². The van der Waals surface area contributed by atoms with Crippen LogP contribution >= 0.6 is 0 Å². The first-order valence-electron chi connectivity index (χ1n) is 11.1. The highest BCUT2D eigenvalue weighted by atomic mass is 16.6. The van der Waals surface area contributed by atoms with Gasteiger partial charge in [0.25, 0.3) is 0 Å². The molecule has 0 radical (unpaired) electrons. The molecule has 2 aromatic carbocycles. The molecule has 0 aromatic heterocycles. The topological polar surface area (TPSA) is 66.8 Å². The van der Waals surface area contributed by atoms with Crippen LogP contribution in [0.5, 0.6) is 0 Å². The molecule has 0 spiro atoms. The van der Waals surface area contributed by atoms with E-state index in [4.69, 9.17) is 4.74 Å². The molecule has 5 nitrogen and oxygen atoms in total. The zero-order valence-corrected chi connectivity index (χ0v) is 18.6. The van der Waals surface area contributed by atoms with Gasteiger partial charge in [-0.15, -0.1) is 0 Å². The molecule has 164 valence electrons. The molecule has 1 atom stereocenters. The molecule has 0 aliphatic heterocycles. The lowest BCUT2D eigenvalue weighted by atomic mass is 9.86. The van der Waals surface area contributed by atoms with Crippen molar-refractivity contribution in [2.24, 2.45) is 5.41 Å². The van der Waals surface area contributed by atoms with Crippen molar-refractivity contribution in [3.05, 3.63) is 59.7 Å². The van der Waals surface area contributed by atoms with E-state index in [0.717, 1.165) is 17.5 Å². The average Bonchev–Trinajstić information content (AvgIpc) is 3.25. The lowest BCUT2D eigenvalue weighted by molar-refractivity contribution is -0.151. The number of carbonyl (C=O) groups excluding carboxylic acids is 1. The molecule has 2 aliphatic carbocycles. The summed E-state index contributed by atoms with van der Waals surface area (Å²) in [5.41, 5.74) is 3.32. The minimum Gasteiger partial charge on any atom is -0.479 e. The Morgan fingerprint density at radius 1 is 1.03 bits per heavy atom. The van der Waals surface area contributed by atoms with Gasteiger partial charge in [-0.05, 0) is 53.4 Å². The van der Waals surface area contributed by atoms with E-state index in [1.54, 1.807) is 0 Å². The van der Waals surface area contributed by atoms with Gasteiger partial charge < -0.3 is 9.84 Å². The quantitative estimate of drug-likeness (QED) is 0.651. The van der Waals surface area contributed by atoms with Crippen molar-refractivity contribution in [2.75, 3.05) is 13.2 Å². The second kappa shape index (κ2) is 8.03. The molecular weight excluding hydrogens is 390 g/mol. The fourth-order valence-electron chi connectivity index (χ4n) is 5.42. The summed E-state index contributed by atoms with van der Waals surface area (Å²) in [5, 5.41) is 10.1. The molecule has 1 saturated carbocycles. The first-order valence-corrected chi connectivity index (χ1v) is 11.1. The third-order valence-electron chi connectivity index (χ3n) is 6.90. The maximum absolute atomic E-state index is 13.3. The average molecular weight is 422 g/mol. The Bertz CT molecular complexity index is 953. The molecular formula is C26H31NO4. The Morgan fingerprint density at radius 2 is 1.61 bits per heavy atom. The summed E-state index contributed by atoms with van der Waals surface area (Å²) in [6.45, 7) is 6.67. The zero-order chi connectivity index (χ0) is 22.2. The largest absolute Gasteiger partial charge is 0.479 e. The second-order valence-corrected chi connectivity index (χ2v) is 9.63. The molecule has 5 heteroatoms. The van der Waals surface area contributed by atoms with Gasteiger partial charge in [0.1, 0.15) is 12.1 Å². The van der Waals surface area contributed by atoms with Crippen molar-refractivity contribution in [3.63, 3.8) is 0 Å². The molecule has 2 aromatic rings. The molecule has 1 N–H and O–H groups in total. The molecule has 0 saturated heterocycles. The molecule has 1 fully saturated rings. The van der Waals surface area contributed by atoms with Gasteiger partial charge in [-0.25, -0.2) is 9.59 Å². The number of amides is 1. The molecule has 0 heterocycles. The fraction of sp³-hybridized carbons (Fsp3) is 0.462. The molecule has 1 amide bonds. The van der Waals surface area contributed by atoms with E-state index in [-0.39, 0.29) is 17.9 Å². The molecule has 4 rings (SSSR count). The van der Waals surface area contributed by atoms with Crippen LogP contribution in [0.15, 0.2) is 48.5 Å². The van der Waals surface area contributed by atoms with Crippen LogP contribution in [0, 0.1) is 5.41 Å². The molecule has 2 aliphatic rings. The van der Waals surface area contributed by atoms with Gasteiger partial charge in [-0.3, -0.25) is 4.90 Å². The third-order valence-corrected chi connectivity index (χ3v) is 6.90. The predicted octanol–water partition coefficient (Wildman–Crippen LogP) is 5.68. The number of carboxylic acids is 1. The minimum atomic E-state index is -1.19. The van der Waals surface area contributed by atoms with Crippen LogP contribution in [0.3, 0.4) is 0 Å². The molecule has 1 unspecified atom stereocenters. The van der Waals surface area contributed by atoms with Crippen molar-refractivity contribution in [2.45, 2.75) is 57.9 Å². The SMILES string of the molecule is CCCN(C(=O)OCC1c2ccccc2-c2ccccc21)C1(C(=O)O)CCC(C)(C)C1. The summed E-state index contributed by atoms with van der Waals surface area (Å²) in [5.74, 6) is -0.972. The van der Waals surface area contributed by atoms with E-state index < -0.39 is 17.6 Å². The number of fused-ring (bicyclic) bond motifs is 3. The van der Waals surface area contributed by atoms with Crippen LogP contribution in [-0.2, 0) is 9.53 Å². The number of rotatable bonds is 6. The summed E-state index contributed by atoms with van der Waals surface area (Å²) in [6.07, 6.45) is 1.83. The van der Waals surface area contributed by atoms with E-state index in [9.17, 15) is 14.7 Å². The number of nitrogens with zero attached hydrogens (tertiary/aromatic N) is 1. The normalized spacial score (nSPS) is 21.4. The van der Waals surface area contributed by atoms with Gasteiger partial charge in [0.15, 0.2) is 0 Å². The third kappa shape index (κ3) is 3.71. The molecule has 0 bridgehead atoms. The molecule has 31 heavy (non-hydrogen) atoms. The lowest BCUT2D eigenvalue weighted by Gasteiger charge is -2.38. The maximum Gasteiger partial charge on any atom is 0.410 e. The van der Waals surface area contributed by atoms with Gasteiger partial charge in [-0.2, -0.15) is 0 Å². The van der Waals surface area contributed by atoms with E-state index >= 15 is 0 Å². The number of carbonyl (C=O) groups is 2. The first-order chi connectivity index (χ1) is 14.8. The van der Waals surface area contributed by atoms with E-state index in [1.165, 1.54) is 16.0 Å². The number of carboxylic acid groups (broad SMARTS) is 1. The Hall–Kier alpha value is -2.82. The number of benzene rings is 2. The summed E-state index contributed by atoms with van der Waals surface area (Å²) >= 11 is 0. The van der Waals surface area contributed by atoms with Crippen molar-refractivity contribution in [1.82, 2.24) is 4.90 Å². The van der Waals surface area contributed by atoms with E-state index in [0.29, 0.717) is 25.8 Å². The smallest absolute Gasteiger partial charge is 0.410 e. The standard InChI is InChI=1S/C26H31NO4/c1-4-15-27(26(23(28)29)14-13-25(2,3)17-26)24(30)31-16-22-20-11-7-5-9-18(20)19-10-6-8-12-21(19)22/h5-12,22H,4,13-17H2,1-3H3,(H,28,29). The van der Waals surface area contributed by atoms with Gasteiger partial charge in [0, 0.05) is 12.5 Å². The van der Waals surface area contributed by atoms with Crippen LogP contribution < -0.4 is 0 Å². The van der Waals surface area contributed by atoms with Crippen molar-refractivity contribution < 1.29 is 19.4 Å². The fourth-order valence-corrected chi connectivity index (χ4v) is 5.42. The van der Waals surface area contributed by atoms with Crippen LogP contribution in [0.1, 0.15) is 63.5 Å². The first kappa shape index (κ1) is 21.4. The van der Waals surface area contributed by atoms with Crippen LogP contribution in [0.25, 0.3) is 11.1 Å². The number of hydrogen-bond acceptors (Lipinski definition) is 3. The lowest BCUT2D eigenvalue weighted by Crippen LogP contribution is -2.56. The Labute approximate surface area is 184 Å². The van der Waals surface area contributed by atoms with Gasteiger partial charge in [-0.1, -0.05) is 69.3 Å². The van der Waals surface area contributed by atoms with Crippen LogP contribution in [-0.4, -0.2) is 40.8 Å². The Balaban J connectivity index is 1.58. The number of aliphatic carboxylic acids is 1. The van der Waals surface area contributed by atoms with Gasteiger partial charge in [0.05, 0.1) is 0 Å². The van der Waals surface area contributed by atoms with Crippen LogP contribution in [0.2, 0.25) is 0 Å². The highest BCUT2D eigenvalue weighted by Crippen LogP contribution is 2.48. The highest BCUT2D eigenvalue weighted by Gasteiger charge is 2.54. The predicted molar refractivity (Wildman–Crippen MR) is 120 cm³/mol. The van der Waals surface area contributed by atoms with Gasteiger partial charge in [0.2, 0.25) is 0 Å². The zero-order valence-electron chi connectivity index (χ0n) is 18.6. The highest BCUT2D eigenvalue weighted by molar-refractivity contribution is 5.85. The minimum absolute atomic E-state index is 0.0411. The Morgan fingerprint density at radius 3 is 2.10 bits per heavy atom.